The Bertz CT molecular complexity index is 900. The van der Waals surface area contributed by atoms with Crippen molar-refractivity contribution in [3.63, 3.8) is 0 Å². The molecule has 4 rings (SSSR count). The van der Waals surface area contributed by atoms with E-state index < -0.39 is 0 Å². The summed E-state index contributed by atoms with van der Waals surface area (Å²) in [6, 6.07) is 3.91. The van der Waals surface area contributed by atoms with E-state index in [9.17, 15) is 0 Å². The van der Waals surface area contributed by atoms with Crippen LogP contribution in [0.4, 0.5) is 5.82 Å². The fraction of sp³-hybridized carbons (Fsp3) is 0.0714. The number of nitrogens with zero attached hydrogens (tertiary/aromatic N) is 5. The topological polar surface area (TPSA) is 92.3 Å². The maximum absolute atomic E-state index is 4.61. The van der Waals surface area contributed by atoms with Crippen LogP contribution in [0.2, 0.25) is 0 Å². The Labute approximate surface area is 129 Å². The predicted molar refractivity (Wildman–Crippen MR) is 84.4 cm³/mol. The second-order valence-corrected chi connectivity index (χ2v) is 5.42. The lowest BCUT2D eigenvalue weighted by Gasteiger charge is -2.03. The second-order valence-electron chi connectivity index (χ2n) is 4.56. The first kappa shape index (κ1) is 12.8. The predicted octanol–water partition coefficient (Wildman–Crippen LogP) is 2.48. The van der Waals surface area contributed by atoms with Gasteiger partial charge >= 0.3 is 0 Å². The van der Waals surface area contributed by atoms with Gasteiger partial charge in [-0.1, -0.05) is 0 Å². The monoisotopic (exact) mass is 309 g/mol. The minimum atomic E-state index is 0.585. The van der Waals surface area contributed by atoms with Crippen LogP contribution in [0.15, 0.2) is 42.6 Å². The lowest BCUT2D eigenvalue weighted by atomic mass is 10.3. The first-order valence-corrected chi connectivity index (χ1v) is 7.51. The first-order chi connectivity index (χ1) is 10.9. The first-order valence-electron chi connectivity index (χ1n) is 6.63. The van der Waals surface area contributed by atoms with E-state index in [4.69, 9.17) is 0 Å². The number of pyridine rings is 1. The molecule has 22 heavy (non-hydrogen) atoms. The zero-order chi connectivity index (χ0) is 14.8. The average Bonchev–Trinajstić information content (AvgIpc) is 3.23. The molecule has 4 aromatic rings. The summed E-state index contributed by atoms with van der Waals surface area (Å²) in [5, 5.41) is 6.25. The van der Waals surface area contributed by atoms with E-state index in [0.29, 0.717) is 12.2 Å². The van der Waals surface area contributed by atoms with E-state index in [0.717, 1.165) is 27.6 Å². The Morgan fingerprint density at radius 3 is 3.14 bits per heavy atom. The molecule has 0 saturated carbocycles. The number of aromatic nitrogens is 6. The number of rotatable bonds is 4. The van der Waals surface area contributed by atoms with Crippen LogP contribution >= 0.6 is 11.3 Å². The molecule has 0 unspecified atom stereocenters. The van der Waals surface area contributed by atoms with Gasteiger partial charge in [0.25, 0.3) is 0 Å². The van der Waals surface area contributed by atoms with Crippen molar-refractivity contribution >= 4 is 28.3 Å². The summed E-state index contributed by atoms with van der Waals surface area (Å²) in [7, 11) is 0. The summed E-state index contributed by atoms with van der Waals surface area (Å²) in [5.41, 5.74) is 3.42. The fourth-order valence-electron chi connectivity index (χ4n) is 2.08. The minimum Gasteiger partial charge on any atom is -0.362 e. The highest BCUT2D eigenvalue weighted by Gasteiger charge is 2.08. The standard InChI is InChI=1S/C14H11N7S/c1-2-9(4-15-3-1)14-21-10(6-22-14)5-16-12-11-13(18-7-17-11)20-8-19-12/h1-4,6-8H,5H2,(H2,16,17,18,19,20). The number of hydrogen-bond acceptors (Lipinski definition) is 7. The van der Waals surface area contributed by atoms with E-state index in [1.165, 1.54) is 6.33 Å². The molecule has 0 aliphatic carbocycles. The van der Waals surface area contributed by atoms with Crippen molar-refractivity contribution in [2.75, 3.05) is 5.32 Å². The highest BCUT2D eigenvalue weighted by Crippen LogP contribution is 2.23. The van der Waals surface area contributed by atoms with Gasteiger partial charge < -0.3 is 10.3 Å². The number of imidazole rings is 1. The summed E-state index contributed by atoms with van der Waals surface area (Å²) < 4.78 is 0. The van der Waals surface area contributed by atoms with Crippen molar-refractivity contribution in [3.05, 3.63) is 48.3 Å². The van der Waals surface area contributed by atoms with Crippen LogP contribution < -0.4 is 5.32 Å². The summed E-state index contributed by atoms with van der Waals surface area (Å²) >= 11 is 1.60. The molecule has 0 radical (unpaired) electrons. The van der Waals surface area contributed by atoms with Gasteiger partial charge in [-0.15, -0.1) is 11.3 Å². The molecule has 0 aromatic carbocycles. The van der Waals surface area contributed by atoms with Gasteiger partial charge in [0, 0.05) is 23.3 Å². The number of H-pyrrole nitrogens is 1. The molecule has 4 heterocycles. The van der Waals surface area contributed by atoms with Crippen molar-refractivity contribution in [1.29, 1.82) is 0 Å². The molecule has 0 aliphatic rings. The Hall–Kier alpha value is -2.87. The number of aromatic amines is 1. The van der Waals surface area contributed by atoms with Gasteiger partial charge in [-0.25, -0.2) is 19.9 Å². The maximum Gasteiger partial charge on any atom is 0.182 e. The molecule has 108 valence electrons. The van der Waals surface area contributed by atoms with Crippen molar-refractivity contribution in [2.24, 2.45) is 0 Å². The Morgan fingerprint density at radius 2 is 2.23 bits per heavy atom. The quantitative estimate of drug-likeness (QED) is 0.601. The van der Waals surface area contributed by atoms with Gasteiger partial charge in [-0.3, -0.25) is 4.98 Å². The smallest absolute Gasteiger partial charge is 0.182 e. The summed E-state index contributed by atoms with van der Waals surface area (Å²) in [5.74, 6) is 0.721. The molecule has 4 aromatic heterocycles. The highest BCUT2D eigenvalue weighted by atomic mass is 32.1. The zero-order valence-electron chi connectivity index (χ0n) is 11.4. The van der Waals surface area contributed by atoms with Gasteiger partial charge in [0.15, 0.2) is 11.5 Å². The van der Waals surface area contributed by atoms with Crippen LogP contribution in [0.25, 0.3) is 21.7 Å². The lowest BCUT2D eigenvalue weighted by molar-refractivity contribution is 1.05. The van der Waals surface area contributed by atoms with E-state index in [1.54, 1.807) is 23.9 Å². The number of fused-ring (bicyclic) bond motifs is 1. The van der Waals surface area contributed by atoms with Gasteiger partial charge in [0.05, 0.1) is 18.6 Å². The molecule has 8 heteroatoms. The number of hydrogen-bond donors (Lipinski definition) is 2. The molecule has 0 aliphatic heterocycles. The molecule has 2 N–H and O–H groups in total. The second kappa shape index (κ2) is 5.49. The largest absolute Gasteiger partial charge is 0.362 e. The minimum absolute atomic E-state index is 0.585. The van der Waals surface area contributed by atoms with Crippen LogP contribution in [-0.2, 0) is 6.54 Å². The fourth-order valence-corrected chi connectivity index (χ4v) is 2.89. The van der Waals surface area contributed by atoms with E-state index in [1.807, 2.05) is 23.7 Å². The summed E-state index contributed by atoms with van der Waals surface area (Å²) in [6.45, 7) is 0.585. The Balaban J connectivity index is 1.53. The summed E-state index contributed by atoms with van der Waals surface area (Å²) in [4.78, 5) is 24.2. The third-order valence-corrected chi connectivity index (χ3v) is 4.06. The van der Waals surface area contributed by atoms with E-state index in [2.05, 4.69) is 35.2 Å². The zero-order valence-corrected chi connectivity index (χ0v) is 12.2. The number of thiazole rings is 1. The molecular formula is C14H11N7S. The highest BCUT2D eigenvalue weighted by molar-refractivity contribution is 7.13. The van der Waals surface area contributed by atoms with Gasteiger partial charge in [-0.2, -0.15) is 0 Å². The van der Waals surface area contributed by atoms with Crippen molar-refractivity contribution in [3.8, 4) is 10.6 Å². The van der Waals surface area contributed by atoms with Gasteiger partial charge in [0.1, 0.15) is 16.9 Å². The lowest BCUT2D eigenvalue weighted by Crippen LogP contribution is -2.02. The number of nitrogens with one attached hydrogen (secondary N) is 2. The third kappa shape index (κ3) is 2.40. The molecule has 0 fully saturated rings. The van der Waals surface area contributed by atoms with Crippen LogP contribution in [0.3, 0.4) is 0 Å². The van der Waals surface area contributed by atoms with Crippen molar-refractivity contribution < 1.29 is 0 Å². The molecule has 0 bridgehead atoms. The SMILES string of the molecule is c1cncc(-c2nc(CNc3ncnc4nc[nH]c34)cs2)c1. The van der Waals surface area contributed by atoms with E-state index in [-0.39, 0.29) is 0 Å². The Kier molecular flexibility index (Phi) is 3.20. The molecule has 0 amide bonds. The van der Waals surface area contributed by atoms with Crippen LogP contribution in [0.5, 0.6) is 0 Å². The number of anilines is 1. The molecule has 0 spiro atoms. The molecule has 7 nitrogen and oxygen atoms in total. The van der Waals surface area contributed by atoms with Crippen molar-refractivity contribution in [1.82, 2.24) is 29.9 Å². The molecule has 0 saturated heterocycles. The van der Waals surface area contributed by atoms with Crippen LogP contribution in [-0.4, -0.2) is 29.9 Å². The van der Waals surface area contributed by atoms with Crippen LogP contribution in [0.1, 0.15) is 5.69 Å². The van der Waals surface area contributed by atoms with Crippen molar-refractivity contribution in [2.45, 2.75) is 6.54 Å². The Morgan fingerprint density at radius 1 is 1.23 bits per heavy atom. The normalized spacial score (nSPS) is 10.9. The molecule has 0 atom stereocenters. The maximum atomic E-state index is 4.61. The average molecular weight is 309 g/mol. The van der Waals surface area contributed by atoms with E-state index >= 15 is 0 Å². The summed E-state index contributed by atoms with van der Waals surface area (Å²) in [6.07, 6.45) is 6.67. The third-order valence-electron chi connectivity index (χ3n) is 3.12. The molecular weight excluding hydrogens is 298 g/mol. The van der Waals surface area contributed by atoms with Gasteiger partial charge in [0.2, 0.25) is 0 Å². The van der Waals surface area contributed by atoms with Gasteiger partial charge in [-0.05, 0) is 12.1 Å². The van der Waals surface area contributed by atoms with Crippen LogP contribution in [0, 0.1) is 0 Å².